The summed E-state index contributed by atoms with van der Waals surface area (Å²) in [6, 6.07) is 11.7. The molecule has 6 rings (SSSR count). The van der Waals surface area contributed by atoms with Gasteiger partial charge in [-0.25, -0.2) is 13.2 Å². The van der Waals surface area contributed by atoms with Crippen molar-refractivity contribution >= 4 is 36.5 Å². The van der Waals surface area contributed by atoms with Crippen LogP contribution in [-0.2, 0) is 9.53 Å². The summed E-state index contributed by atoms with van der Waals surface area (Å²) >= 11 is 5.17. The summed E-state index contributed by atoms with van der Waals surface area (Å²) in [7, 11) is -1.87. The number of ketones is 1. The number of hydrogen-bond acceptors (Lipinski definition) is 4. The van der Waals surface area contributed by atoms with Crippen molar-refractivity contribution in [1.82, 2.24) is 0 Å². The molecule has 0 amide bonds. The summed E-state index contributed by atoms with van der Waals surface area (Å²) in [5, 5.41) is 0.735. The molecule has 49 heavy (non-hydrogen) atoms. The molecule has 0 N–H and O–H groups in total. The van der Waals surface area contributed by atoms with Gasteiger partial charge in [-0.1, -0.05) is 83.2 Å². The number of halogens is 5. The first-order chi connectivity index (χ1) is 22.8. The molecular weight excluding hydrogens is 672 g/mol. The summed E-state index contributed by atoms with van der Waals surface area (Å²) in [5.74, 6) is -10.5. The Bertz CT molecular complexity index is 1620. The van der Waals surface area contributed by atoms with E-state index in [9.17, 15) is 26.7 Å². The molecule has 4 aliphatic carbocycles. The molecule has 8 atom stereocenters. The Morgan fingerprint density at radius 1 is 0.755 bits per heavy atom. The largest absolute Gasteiger partial charge is 0.453 e. The molecule has 0 aliphatic heterocycles. The molecule has 0 radical (unpaired) electrons. The second-order valence-electron chi connectivity index (χ2n) is 17.5. The third-order valence-electron chi connectivity index (χ3n) is 14.3. The number of carbonyl (C=O) groups is 1. The molecule has 2 aromatic rings. The highest BCUT2D eigenvalue weighted by Crippen LogP contribution is 2.73. The topological polar surface area (TPSA) is 35.5 Å². The van der Waals surface area contributed by atoms with Crippen molar-refractivity contribution in [2.45, 2.75) is 111 Å². The number of carbonyl (C=O) groups excluding carboxylic acids is 1. The average molecular weight is 721 g/mol. The smallest absolute Gasteiger partial charge is 0.358 e. The Hall–Kier alpha value is -2.33. The molecule has 3 nitrogen and oxygen atoms in total. The summed E-state index contributed by atoms with van der Waals surface area (Å²) in [5.41, 5.74) is -0.415. The van der Waals surface area contributed by atoms with E-state index in [0.717, 1.165) is 44.6 Å². The molecule has 0 bridgehead atoms. The first-order valence-electron chi connectivity index (χ1n) is 17.8. The maximum Gasteiger partial charge on any atom is 0.358 e. The lowest BCUT2D eigenvalue weighted by molar-refractivity contribution is -0.221. The summed E-state index contributed by atoms with van der Waals surface area (Å²) in [6.45, 7) is 16.4. The maximum absolute atomic E-state index is 14.3. The molecule has 2 aromatic carbocycles. The minimum Gasteiger partial charge on any atom is -0.453 e. The third kappa shape index (κ3) is 5.69. The molecule has 4 aliphatic rings. The third-order valence-corrected chi connectivity index (χ3v) is 17.8. The predicted molar refractivity (Wildman–Crippen MR) is 187 cm³/mol. The van der Waals surface area contributed by atoms with Crippen molar-refractivity contribution in [3.63, 3.8) is 0 Å². The Balaban J connectivity index is 1.22. The van der Waals surface area contributed by atoms with E-state index in [2.05, 4.69) is 78.0 Å². The van der Waals surface area contributed by atoms with Crippen LogP contribution in [0.3, 0.4) is 0 Å². The summed E-state index contributed by atoms with van der Waals surface area (Å²) in [4.78, 5) is 13.8. The SMILES string of the molecule is CC1(C)[C@@H](OC(=S)Oc2c(F)c(F)c(F)c(F)c2F)CC[C@]2(C)[C@H]3CC[C@@]4(C)[C@@H](CCC(=O)[C@@H]4C[Si](C)(C)c4ccccc4)[C@]3(C)CC[C@@H]12. The molecule has 10 heteroatoms. The van der Waals surface area contributed by atoms with E-state index in [0.29, 0.717) is 30.5 Å². The summed E-state index contributed by atoms with van der Waals surface area (Å²) < 4.78 is 80.8. The number of ether oxygens (including phenoxy) is 2. The lowest BCUT2D eigenvalue weighted by Gasteiger charge is -2.70. The van der Waals surface area contributed by atoms with Crippen LogP contribution in [0, 0.1) is 74.4 Å². The minimum absolute atomic E-state index is 0.0173. The Morgan fingerprint density at radius 3 is 1.90 bits per heavy atom. The van der Waals surface area contributed by atoms with Gasteiger partial charge in [0.1, 0.15) is 11.9 Å². The van der Waals surface area contributed by atoms with Gasteiger partial charge in [0.2, 0.25) is 34.8 Å². The van der Waals surface area contributed by atoms with Gasteiger partial charge in [-0.3, -0.25) is 4.79 Å². The summed E-state index contributed by atoms with van der Waals surface area (Å²) in [6.07, 6.45) is 6.62. The van der Waals surface area contributed by atoms with Gasteiger partial charge >= 0.3 is 5.24 Å². The number of rotatable bonds is 5. The molecule has 268 valence electrons. The van der Waals surface area contributed by atoms with Crippen LogP contribution in [0.25, 0.3) is 0 Å². The predicted octanol–water partition coefficient (Wildman–Crippen LogP) is 10.3. The Labute approximate surface area is 293 Å². The van der Waals surface area contributed by atoms with Crippen molar-refractivity contribution in [3.05, 3.63) is 59.4 Å². The molecule has 0 spiro atoms. The van der Waals surface area contributed by atoms with Gasteiger partial charge in [0, 0.05) is 30.0 Å². The molecule has 4 fully saturated rings. The van der Waals surface area contributed by atoms with Crippen LogP contribution >= 0.6 is 12.2 Å². The normalized spacial score (nSPS) is 35.5. The van der Waals surface area contributed by atoms with Gasteiger partial charge in [-0.2, -0.15) is 8.78 Å². The molecule has 4 saturated carbocycles. The van der Waals surface area contributed by atoms with Crippen molar-refractivity contribution in [1.29, 1.82) is 0 Å². The molecule has 0 heterocycles. The lowest BCUT2D eigenvalue weighted by atomic mass is 9.35. The zero-order valence-electron chi connectivity index (χ0n) is 29.7. The van der Waals surface area contributed by atoms with Gasteiger partial charge in [0.05, 0.1) is 8.07 Å². The van der Waals surface area contributed by atoms with E-state index < -0.39 is 59.7 Å². The Kier molecular flexibility index (Phi) is 9.24. The van der Waals surface area contributed by atoms with Crippen LogP contribution < -0.4 is 9.92 Å². The zero-order valence-corrected chi connectivity index (χ0v) is 31.5. The minimum atomic E-state index is -2.26. The fraction of sp³-hybridized carbons (Fsp3) is 0.641. The molecule has 0 saturated heterocycles. The van der Waals surface area contributed by atoms with E-state index in [-0.39, 0.29) is 28.1 Å². The quantitative estimate of drug-likeness (QED) is 0.101. The van der Waals surface area contributed by atoms with E-state index in [1.54, 1.807) is 0 Å². The van der Waals surface area contributed by atoms with E-state index in [4.69, 9.17) is 21.7 Å². The van der Waals surface area contributed by atoms with Crippen molar-refractivity contribution < 1.29 is 36.2 Å². The highest BCUT2D eigenvalue weighted by atomic mass is 32.1. The number of benzene rings is 2. The monoisotopic (exact) mass is 720 g/mol. The number of hydrogen-bond donors (Lipinski definition) is 0. The van der Waals surface area contributed by atoms with Crippen molar-refractivity contribution in [2.24, 2.45) is 45.3 Å². The van der Waals surface area contributed by atoms with Crippen LogP contribution in [0.2, 0.25) is 19.1 Å². The first kappa shape index (κ1) is 36.5. The second kappa shape index (κ2) is 12.4. The van der Waals surface area contributed by atoms with Gasteiger partial charge in [0.25, 0.3) is 0 Å². The highest BCUT2D eigenvalue weighted by Gasteiger charge is 2.67. The van der Waals surface area contributed by atoms with Gasteiger partial charge < -0.3 is 9.47 Å². The molecular formula is C39H49F5O3SSi. The van der Waals surface area contributed by atoms with Crippen LogP contribution in [0.5, 0.6) is 5.75 Å². The fourth-order valence-corrected chi connectivity index (χ4v) is 15.1. The number of fused-ring (bicyclic) bond motifs is 5. The van der Waals surface area contributed by atoms with Crippen molar-refractivity contribution in [2.75, 3.05) is 0 Å². The zero-order chi connectivity index (χ0) is 35.9. The Morgan fingerprint density at radius 2 is 1.27 bits per heavy atom. The van der Waals surface area contributed by atoms with Gasteiger partial charge in [0.15, 0.2) is 0 Å². The van der Waals surface area contributed by atoms with Gasteiger partial charge in [-0.05, 0) is 85.0 Å². The number of Topliss-reactive ketones (excluding diaryl/α,β-unsaturated/α-hetero) is 1. The fourth-order valence-electron chi connectivity index (χ4n) is 11.9. The standard InChI is InChI=1S/C39H49F5O3SSi/c1-36(2)25-15-19-39(5)26-14-13-24(45)23(21-49(6,7)22-11-9-8-10-12-22)37(26,3)18-16-27(39)38(25,4)20-17-28(36)46-35(48)47-34-32(43)30(41)29(40)31(42)33(34)44/h8-12,23,25-28H,13-21H2,1-7H3/t23-,25-,26+,27+,28-,37+,38-,39-/m0/s1. The van der Waals surface area contributed by atoms with Crippen LogP contribution in [0.1, 0.15) is 86.0 Å². The van der Waals surface area contributed by atoms with E-state index >= 15 is 0 Å². The van der Waals surface area contributed by atoms with Gasteiger partial charge in [-0.15, -0.1) is 0 Å². The van der Waals surface area contributed by atoms with E-state index in [1.165, 1.54) is 5.19 Å². The maximum atomic E-state index is 14.3. The molecule has 0 unspecified atom stereocenters. The first-order valence-corrected chi connectivity index (χ1v) is 21.4. The average Bonchev–Trinajstić information content (AvgIpc) is 3.04. The molecule has 0 aromatic heterocycles. The van der Waals surface area contributed by atoms with Crippen LogP contribution in [-0.4, -0.2) is 25.2 Å². The highest BCUT2D eigenvalue weighted by molar-refractivity contribution is 7.79. The van der Waals surface area contributed by atoms with Crippen LogP contribution in [0.4, 0.5) is 22.0 Å². The second-order valence-corrected chi connectivity index (χ2v) is 22.6. The number of thiocarbonyl (C=S) groups is 1. The lowest BCUT2D eigenvalue weighted by Crippen LogP contribution is -2.65. The van der Waals surface area contributed by atoms with Crippen molar-refractivity contribution in [3.8, 4) is 5.75 Å². The van der Waals surface area contributed by atoms with E-state index in [1.807, 2.05) is 0 Å². The van der Waals surface area contributed by atoms with Crippen LogP contribution in [0.15, 0.2) is 30.3 Å².